The minimum absolute atomic E-state index is 0.0612. The number of amides is 2. The molecule has 2 N–H and O–H groups in total. The first-order valence-electron chi connectivity index (χ1n) is 11.4. The normalized spacial score (nSPS) is 11.3. The number of benzene rings is 3. The molecule has 5 rings (SSSR count). The highest BCUT2D eigenvalue weighted by Gasteiger charge is 2.28. The summed E-state index contributed by atoms with van der Waals surface area (Å²) in [4.78, 5) is 24.9. The van der Waals surface area contributed by atoms with E-state index in [0.29, 0.717) is 17.8 Å². The number of rotatable bonds is 6. The zero-order valence-electron chi connectivity index (χ0n) is 19.3. The van der Waals surface area contributed by atoms with Crippen molar-refractivity contribution in [3.63, 3.8) is 0 Å². The fourth-order valence-corrected chi connectivity index (χ4v) is 4.42. The van der Waals surface area contributed by atoms with E-state index in [9.17, 15) is 9.59 Å². The lowest BCUT2D eigenvalue weighted by molar-refractivity contribution is 0.147. The number of carbonyl (C=O) groups excluding carboxylic acids is 2. The molecule has 0 saturated carbocycles. The fourth-order valence-electron chi connectivity index (χ4n) is 4.42. The third kappa shape index (κ3) is 4.75. The van der Waals surface area contributed by atoms with Gasteiger partial charge in [0.25, 0.3) is 0 Å². The molecule has 1 aromatic heterocycles. The molecule has 7 nitrogen and oxygen atoms in total. The topological polar surface area (TPSA) is 81.6 Å². The van der Waals surface area contributed by atoms with Crippen molar-refractivity contribution in [2.75, 3.05) is 10.6 Å². The first-order valence-corrected chi connectivity index (χ1v) is 11.4. The Labute approximate surface area is 203 Å². The quantitative estimate of drug-likeness (QED) is 0.312. The molecule has 2 heterocycles. The summed E-state index contributed by atoms with van der Waals surface area (Å²) in [6.07, 6.45) is -0.374. The molecule has 1 aliphatic heterocycles. The molecule has 176 valence electrons. The van der Waals surface area contributed by atoms with E-state index in [0.717, 1.165) is 28.2 Å². The maximum atomic E-state index is 12.5. The third-order valence-corrected chi connectivity index (χ3v) is 6.08. The summed E-state index contributed by atoms with van der Waals surface area (Å²) in [5, 5.41) is 5.47. The van der Waals surface area contributed by atoms with Gasteiger partial charge in [-0.3, -0.25) is 10.6 Å². The van der Waals surface area contributed by atoms with Crippen LogP contribution in [-0.2, 0) is 29.1 Å². The van der Waals surface area contributed by atoms with Crippen LogP contribution in [0.3, 0.4) is 0 Å². The average Bonchev–Trinajstić information content (AvgIpc) is 3.37. The van der Waals surface area contributed by atoms with Gasteiger partial charge >= 0.3 is 12.2 Å². The van der Waals surface area contributed by atoms with Gasteiger partial charge in [-0.2, -0.15) is 0 Å². The summed E-state index contributed by atoms with van der Waals surface area (Å²) in [6.45, 7) is 2.12. The third-order valence-electron chi connectivity index (χ3n) is 6.08. The number of para-hydroxylation sites is 3. The summed E-state index contributed by atoms with van der Waals surface area (Å²) < 4.78 is 13.3. The Kier molecular flexibility index (Phi) is 6.22. The number of nitrogens with zero attached hydrogens (tertiary/aromatic N) is 1. The molecule has 0 aliphatic carbocycles. The lowest BCUT2D eigenvalue weighted by atomic mass is 10.0. The molecule has 7 heteroatoms. The van der Waals surface area contributed by atoms with E-state index < -0.39 is 12.2 Å². The molecule has 3 aromatic carbocycles. The molecule has 0 radical (unpaired) electrons. The Morgan fingerprint density at radius 1 is 0.743 bits per heavy atom. The van der Waals surface area contributed by atoms with Crippen molar-refractivity contribution in [1.29, 1.82) is 0 Å². The zero-order chi connectivity index (χ0) is 24.2. The Bertz CT molecular complexity index is 1360. The predicted molar refractivity (Wildman–Crippen MR) is 134 cm³/mol. The Balaban J connectivity index is 1.36. The van der Waals surface area contributed by atoms with E-state index in [4.69, 9.17) is 9.47 Å². The molecule has 0 unspecified atom stereocenters. The largest absolute Gasteiger partial charge is 0.444 e. The molecule has 0 fully saturated rings. The second-order valence-electron chi connectivity index (χ2n) is 8.26. The van der Waals surface area contributed by atoms with Crippen molar-refractivity contribution in [2.45, 2.75) is 26.6 Å². The van der Waals surface area contributed by atoms with Gasteiger partial charge in [-0.1, -0.05) is 54.6 Å². The molecule has 0 spiro atoms. The predicted octanol–water partition coefficient (Wildman–Crippen LogP) is 6.19. The molecule has 35 heavy (non-hydrogen) atoms. The van der Waals surface area contributed by atoms with Gasteiger partial charge in [0.05, 0.1) is 0 Å². The van der Waals surface area contributed by atoms with Gasteiger partial charge < -0.3 is 14.0 Å². The van der Waals surface area contributed by atoms with Crippen LogP contribution in [0, 0.1) is 6.92 Å². The number of aromatic nitrogens is 1. The van der Waals surface area contributed by atoms with Gasteiger partial charge in [-0.15, -0.1) is 0 Å². The number of hydrogen-bond acceptors (Lipinski definition) is 4. The van der Waals surface area contributed by atoms with E-state index >= 15 is 0 Å². The van der Waals surface area contributed by atoms with Crippen LogP contribution in [-0.4, -0.2) is 16.8 Å². The molecule has 0 bridgehead atoms. The van der Waals surface area contributed by atoms with Gasteiger partial charge in [-0.05, 0) is 42.8 Å². The SMILES string of the molecule is Cc1c(COC(=O)Nc2ccccc2)c(COC(=O)Nc2ccccc2)c2n1-c1ccccc1C2. The van der Waals surface area contributed by atoms with Crippen LogP contribution in [0.1, 0.15) is 28.1 Å². The molecule has 0 saturated heterocycles. The van der Waals surface area contributed by atoms with E-state index in [2.05, 4.69) is 27.3 Å². The summed E-state index contributed by atoms with van der Waals surface area (Å²) in [5.74, 6) is 0. The van der Waals surface area contributed by atoms with Crippen LogP contribution in [0.25, 0.3) is 5.69 Å². The van der Waals surface area contributed by atoms with Crippen LogP contribution in [0.2, 0.25) is 0 Å². The summed E-state index contributed by atoms with van der Waals surface area (Å²) in [5.41, 5.74) is 7.30. The van der Waals surface area contributed by atoms with Crippen molar-refractivity contribution in [2.24, 2.45) is 0 Å². The average molecular weight is 468 g/mol. The highest BCUT2D eigenvalue weighted by Crippen LogP contribution is 2.36. The van der Waals surface area contributed by atoms with Crippen LogP contribution in [0.4, 0.5) is 21.0 Å². The number of nitrogens with one attached hydrogen (secondary N) is 2. The standard InChI is InChI=1S/C28H25N3O4/c1-19-23(17-34-27(32)29-21-11-4-2-5-12-21)24(18-35-28(33)30-22-13-6-3-7-14-22)26-16-20-10-8-9-15-25(20)31(19)26/h2-15H,16-18H2,1H3,(H,29,32)(H,30,33). The maximum Gasteiger partial charge on any atom is 0.411 e. The second-order valence-corrected chi connectivity index (χ2v) is 8.26. The molecular weight excluding hydrogens is 442 g/mol. The van der Waals surface area contributed by atoms with Crippen LogP contribution in [0.15, 0.2) is 84.9 Å². The summed E-state index contributed by atoms with van der Waals surface area (Å²) >= 11 is 0. The van der Waals surface area contributed by atoms with Crippen molar-refractivity contribution in [3.05, 3.63) is 113 Å². The molecule has 1 aliphatic rings. The van der Waals surface area contributed by atoms with Gasteiger partial charge in [0.15, 0.2) is 0 Å². The molecular formula is C28H25N3O4. The zero-order valence-corrected chi connectivity index (χ0v) is 19.3. The lowest BCUT2D eigenvalue weighted by Gasteiger charge is -2.12. The van der Waals surface area contributed by atoms with Crippen LogP contribution < -0.4 is 10.6 Å². The molecule has 4 aromatic rings. The number of ether oxygens (including phenoxy) is 2. The fraction of sp³-hybridized carbons (Fsp3) is 0.143. The Morgan fingerprint density at radius 3 is 1.86 bits per heavy atom. The van der Waals surface area contributed by atoms with Crippen molar-refractivity contribution < 1.29 is 19.1 Å². The second kappa shape index (κ2) is 9.77. The van der Waals surface area contributed by atoms with Crippen molar-refractivity contribution >= 4 is 23.6 Å². The summed E-state index contributed by atoms with van der Waals surface area (Å²) in [6, 6.07) is 26.5. The van der Waals surface area contributed by atoms with E-state index in [-0.39, 0.29) is 13.2 Å². The molecule has 0 atom stereocenters. The highest BCUT2D eigenvalue weighted by atomic mass is 16.6. The number of hydrogen-bond donors (Lipinski definition) is 2. The Morgan fingerprint density at radius 2 is 1.26 bits per heavy atom. The first-order chi connectivity index (χ1) is 17.1. The van der Waals surface area contributed by atoms with E-state index in [1.807, 2.05) is 55.5 Å². The van der Waals surface area contributed by atoms with Crippen molar-refractivity contribution in [3.8, 4) is 5.69 Å². The number of fused-ring (bicyclic) bond motifs is 3. The Hall–Kier alpha value is -4.52. The van der Waals surface area contributed by atoms with Gasteiger partial charge in [0.2, 0.25) is 0 Å². The van der Waals surface area contributed by atoms with Crippen LogP contribution in [0.5, 0.6) is 0 Å². The number of anilines is 2. The molecule has 2 amide bonds. The maximum absolute atomic E-state index is 12.5. The highest BCUT2D eigenvalue weighted by molar-refractivity contribution is 5.85. The van der Waals surface area contributed by atoms with E-state index in [1.54, 1.807) is 24.3 Å². The minimum Gasteiger partial charge on any atom is -0.444 e. The van der Waals surface area contributed by atoms with Gasteiger partial charge in [-0.25, -0.2) is 9.59 Å². The first kappa shape index (κ1) is 22.3. The monoisotopic (exact) mass is 467 g/mol. The lowest BCUT2D eigenvalue weighted by Crippen LogP contribution is -2.16. The van der Waals surface area contributed by atoms with E-state index in [1.165, 1.54) is 5.56 Å². The van der Waals surface area contributed by atoms with Crippen LogP contribution >= 0.6 is 0 Å². The van der Waals surface area contributed by atoms with Crippen molar-refractivity contribution in [1.82, 2.24) is 4.57 Å². The van der Waals surface area contributed by atoms with Gasteiger partial charge in [0, 0.05) is 46.0 Å². The number of carbonyl (C=O) groups is 2. The van der Waals surface area contributed by atoms with Gasteiger partial charge in [0.1, 0.15) is 13.2 Å². The smallest absolute Gasteiger partial charge is 0.411 e. The summed E-state index contributed by atoms with van der Waals surface area (Å²) in [7, 11) is 0. The minimum atomic E-state index is -0.545.